The number of amides is 1. The van der Waals surface area contributed by atoms with E-state index in [2.05, 4.69) is 0 Å². The second-order valence-electron chi connectivity index (χ2n) is 7.30. The molecule has 7 heteroatoms. The molecule has 164 valence electrons. The van der Waals surface area contributed by atoms with Gasteiger partial charge in [0, 0.05) is 16.8 Å². The van der Waals surface area contributed by atoms with E-state index in [0.717, 1.165) is 0 Å². The molecule has 1 atom stereocenters. The summed E-state index contributed by atoms with van der Waals surface area (Å²) < 4.78 is 10.7. The normalized spacial score (nSPS) is 17.0. The monoisotopic (exact) mass is 440 g/mol. The van der Waals surface area contributed by atoms with Gasteiger partial charge < -0.3 is 14.6 Å². The van der Waals surface area contributed by atoms with Gasteiger partial charge in [-0.2, -0.15) is 5.26 Å². The maximum absolute atomic E-state index is 13.2. The van der Waals surface area contributed by atoms with Crippen molar-refractivity contribution in [3.8, 4) is 17.6 Å². The highest BCUT2D eigenvalue weighted by molar-refractivity contribution is 6.51. The molecule has 33 heavy (non-hydrogen) atoms. The molecular weight excluding hydrogens is 420 g/mol. The molecule has 0 spiro atoms. The number of hydrogen-bond donors (Lipinski definition) is 1. The minimum Gasteiger partial charge on any atom is -0.507 e. The Bertz CT molecular complexity index is 1290. The lowest BCUT2D eigenvalue weighted by Gasteiger charge is -2.26. The van der Waals surface area contributed by atoms with Crippen LogP contribution in [0.5, 0.6) is 11.5 Å². The average Bonchev–Trinajstić information content (AvgIpc) is 3.13. The fourth-order valence-electron chi connectivity index (χ4n) is 3.89. The van der Waals surface area contributed by atoms with E-state index in [-0.39, 0.29) is 11.3 Å². The summed E-state index contributed by atoms with van der Waals surface area (Å²) in [7, 11) is 3.02. The van der Waals surface area contributed by atoms with Gasteiger partial charge in [-0.05, 0) is 54.6 Å². The summed E-state index contributed by atoms with van der Waals surface area (Å²) in [5.41, 5.74) is 1.69. The van der Waals surface area contributed by atoms with Crippen molar-refractivity contribution in [2.45, 2.75) is 6.04 Å². The van der Waals surface area contributed by atoms with Crippen LogP contribution in [0.3, 0.4) is 0 Å². The number of ketones is 1. The molecule has 1 heterocycles. The fourth-order valence-corrected chi connectivity index (χ4v) is 3.89. The second-order valence-corrected chi connectivity index (χ2v) is 7.30. The molecule has 1 unspecified atom stereocenters. The highest BCUT2D eigenvalue weighted by atomic mass is 16.5. The zero-order chi connectivity index (χ0) is 23.5. The lowest BCUT2D eigenvalue weighted by molar-refractivity contribution is -0.132. The molecule has 1 aliphatic rings. The molecule has 0 saturated carbocycles. The molecule has 4 rings (SSSR count). The summed E-state index contributed by atoms with van der Waals surface area (Å²) in [6.45, 7) is 0. The first-order valence-electron chi connectivity index (χ1n) is 10.1. The van der Waals surface area contributed by atoms with Crippen LogP contribution in [0.2, 0.25) is 0 Å². The van der Waals surface area contributed by atoms with Crippen LogP contribution in [0.1, 0.15) is 22.7 Å². The van der Waals surface area contributed by atoms with E-state index in [4.69, 9.17) is 14.7 Å². The maximum Gasteiger partial charge on any atom is 0.300 e. The van der Waals surface area contributed by atoms with Crippen molar-refractivity contribution in [2.24, 2.45) is 0 Å². The van der Waals surface area contributed by atoms with Gasteiger partial charge in [-0.1, -0.05) is 18.2 Å². The Morgan fingerprint density at radius 1 is 0.939 bits per heavy atom. The van der Waals surface area contributed by atoms with Crippen molar-refractivity contribution in [3.05, 3.63) is 95.1 Å². The van der Waals surface area contributed by atoms with Gasteiger partial charge in [-0.15, -0.1) is 0 Å². The van der Waals surface area contributed by atoms with Gasteiger partial charge in [0.15, 0.2) is 0 Å². The number of anilines is 1. The summed E-state index contributed by atoms with van der Waals surface area (Å²) in [6, 6.07) is 21.0. The van der Waals surface area contributed by atoms with Gasteiger partial charge >= 0.3 is 0 Å². The highest BCUT2D eigenvalue weighted by Gasteiger charge is 2.47. The lowest BCUT2D eigenvalue weighted by atomic mass is 9.94. The van der Waals surface area contributed by atoms with E-state index in [1.165, 1.54) is 19.1 Å². The molecule has 0 radical (unpaired) electrons. The quantitative estimate of drug-likeness (QED) is 0.363. The smallest absolute Gasteiger partial charge is 0.300 e. The molecule has 0 aromatic heterocycles. The third-order valence-electron chi connectivity index (χ3n) is 5.52. The van der Waals surface area contributed by atoms with Gasteiger partial charge in [0.25, 0.3) is 11.7 Å². The number of carbonyl (C=O) groups is 2. The summed E-state index contributed by atoms with van der Waals surface area (Å²) in [5.74, 6) is -0.855. The van der Waals surface area contributed by atoms with Crippen LogP contribution in [0.4, 0.5) is 5.69 Å². The first-order chi connectivity index (χ1) is 16.0. The lowest BCUT2D eigenvalue weighted by Crippen LogP contribution is -2.29. The third kappa shape index (κ3) is 3.79. The number of rotatable bonds is 5. The minimum absolute atomic E-state index is 0.0565. The second kappa shape index (κ2) is 8.89. The van der Waals surface area contributed by atoms with Crippen LogP contribution in [0.15, 0.2) is 78.4 Å². The van der Waals surface area contributed by atoms with Crippen molar-refractivity contribution in [3.63, 3.8) is 0 Å². The number of ether oxygens (including phenoxy) is 2. The van der Waals surface area contributed by atoms with E-state index < -0.39 is 17.7 Å². The molecule has 3 aromatic rings. The molecule has 1 saturated heterocycles. The largest absolute Gasteiger partial charge is 0.507 e. The van der Waals surface area contributed by atoms with Gasteiger partial charge in [0.2, 0.25) is 0 Å². The standard InChI is InChI=1S/C26H20N2O5/c1-32-19-13-9-17(10-14-19)24(29)22-23(20-5-3-4-6-21(20)33-2)28(26(31)25(22)30)18-11-7-16(15-27)8-12-18/h3-14,23,29H,1-2H3/b24-22-. The van der Waals surface area contributed by atoms with Crippen LogP contribution in [-0.4, -0.2) is 31.0 Å². The first-order valence-corrected chi connectivity index (χ1v) is 10.1. The molecule has 7 nitrogen and oxygen atoms in total. The Hall–Kier alpha value is -4.57. The van der Waals surface area contributed by atoms with Gasteiger partial charge in [-0.3, -0.25) is 14.5 Å². The molecular formula is C26H20N2O5. The van der Waals surface area contributed by atoms with Crippen molar-refractivity contribution in [2.75, 3.05) is 19.1 Å². The number of nitrogens with zero attached hydrogens (tertiary/aromatic N) is 2. The molecule has 1 aliphatic heterocycles. The Balaban J connectivity index is 1.95. The van der Waals surface area contributed by atoms with Gasteiger partial charge in [-0.25, -0.2) is 0 Å². The summed E-state index contributed by atoms with van der Waals surface area (Å²) >= 11 is 0. The van der Waals surface area contributed by atoms with Crippen LogP contribution < -0.4 is 14.4 Å². The van der Waals surface area contributed by atoms with Crippen LogP contribution in [0, 0.1) is 11.3 Å². The number of para-hydroxylation sites is 1. The van der Waals surface area contributed by atoms with Gasteiger partial charge in [0.1, 0.15) is 17.3 Å². The van der Waals surface area contributed by atoms with Crippen LogP contribution >= 0.6 is 0 Å². The van der Waals surface area contributed by atoms with Crippen molar-refractivity contribution >= 4 is 23.1 Å². The predicted octanol–water partition coefficient (Wildman–Crippen LogP) is 4.20. The molecule has 1 fully saturated rings. The van der Waals surface area contributed by atoms with Gasteiger partial charge in [0.05, 0.1) is 37.5 Å². The molecule has 1 amide bonds. The van der Waals surface area contributed by atoms with E-state index in [1.807, 2.05) is 6.07 Å². The van der Waals surface area contributed by atoms with E-state index in [1.54, 1.807) is 72.8 Å². The Kier molecular flexibility index (Phi) is 5.83. The summed E-state index contributed by atoms with van der Waals surface area (Å²) in [5, 5.41) is 20.3. The Morgan fingerprint density at radius 2 is 1.61 bits per heavy atom. The molecule has 3 aromatic carbocycles. The first kappa shape index (κ1) is 21.7. The zero-order valence-electron chi connectivity index (χ0n) is 18.0. The van der Waals surface area contributed by atoms with Crippen LogP contribution in [0.25, 0.3) is 5.76 Å². The molecule has 0 bridgehead atoms. The Labute approximate surface area is 190 Å². The molecule has 1 N–H and O–H groups in total. The van der Waals surface area contributed by atoms with Crippen molar-refractivity contribution in [1.29, 1.82) is 5.26 Å². The van der Waals surface area contributed by atoms with E-state index >= 15 is 0 Å². The highest BCUT2D eigenvalue weighted by Crippen LogP contribution is 2.44. The number of aliphatic hydroxyl groups is 1. The maximum atomic E-state index is 13.2. The minimum atomic E-state index is -0.934. The predicted molar refractivity (Wildman–Crippen MR) is 122 cm³/mol. The van der Waals surface area contributed by atoms with Crippen molar-refractivity contribution < 1.29 is 24.2 Å². The van der Waals surface area contributed by atoms with E-state index in [9.17, 15) is 14.7 Å². The van der Waals surface area contributed by atoms with E-state index in [0.29, 0.717) is 33.9 Å². The number of carbonyl (C=O) groups excluding carboxylic acids is 2. The topological polar surface area (TPSA) is 99.9 Å². The SMILES string of the molecule is COc1ccc(/C(O)=C2/C(=O)C(=O)N(c3ccc(C#N)cc3)C2c2ccccc2OC)cc1. The molecule has 0 aliphatic carbocycles. The van der Waals surface area contributed by atoms with Crippen LogP contribution in [-0.2, 0) is 9.59 Å². The third-order valence-corrected chi connectivity index (χ3v) is 5.52. The number of methoxy groups -OCH3 is 2. The number of benzene rings is 3. The zero-order valence-corrected chi connectivity index (χ0v) is 18.0. The number of nitriles is 1. The average molecular weight is 440 g/mol. The Morgan fingerprint density at radius 3 is 2.21 bits per heavy atom. The number of Topliss-reactive ketones (excluding diaryl/α,β-unsaturated/α-hetero) is 1. The number of aliphatic hydroxyl groups excluding tert-OH is 1. The summed E-state index contributed by atoms with van der Waals surface area (Å²) in [6.07, 6.45) is 0. The summed E-state index contributed by atoms with van der Waals surface area (Å²) in [4.78, 5) is 27.7. The number of hydrogen-bond acceptors (Lipinski definition) is 6. The van der Waals surface area contributed by atoms with Crippen molar-refractivity contribution in [1.82, 2.24) is 0 Å². The fraction of sp³-hybridized carbons (Fsp3) is 0.115.